The number of nitrogens with one attached hydrogen (secondary N) is 1. The summed E-state index contributed by atoms with van der Waals surface area (Å²) in [6, 6.07) is 4.67. The number of aromatic nitrogens is 3. The molecule has 2 aromatic rings. The molecule has 0 unspecified atom stereocenters. The number of aromatic amines is 1. The molecule has 0 amide bonds. The average molecular weight is 307 g/mol. The third-order valence-corrected chi connectivity index (χ3v) is 3.79. The summed E-state index contributed by atoms with van der Waals surface area (Å²) in [5.41, 5.74) is 0.753. The van der Waals surface area contributed by atoms with Gasteiger partial charge in [-0.2, -0.15) is 0 Å². The van der Waals surface area contributed by atoms with Gasteiger partial charge in [0.15, 0.2) is 5.16 Å². The van der Waals surface area contributed by atoms with E-state index < -0.39 is 0 Å². The summed E-state index contributed by atoms with van der Waals surface area (Å²) >= 11 is 1.29. The van der Waals surface area contributed by atoms with Crippen molar-refractivity contribution in [2.45, 2.75) is 24.4 Å². The number of thioether (sulfide) groups is 1. The molecule has 2 N–H and O–H groups in total. The molecule has 1 heterocycles. The molecule has 0 fully saturated rings. The predicted molar refractivity (Wildman–Crippen MR) is 78.4 cm³/mol. The van der Waals surface area contributed by atoms with Crippen LogP contribution < -0.4 is 5.69 Å². The fourth-order valence-electron chi connectivity index (χ4n) is 1.72. The Bertz CT molecular complexity index is 743. The van der Waals surface area contributed by atoms with Crippen molar-refractivity contribution in [1.29, 1.82) is 0 Å². The number of benzene rings is 1. The molecule has 0 radical (unpaired) electrons. The molecule has 0 saturated carbocycles. The quantitative estimate of drug-likeness (QED) is 0.661. The van der Waals surface area contributed by atoms with Gasteiger partial charge in [-0.1, -0.05) is 29.7 Å². The Balaban J connectivity index is 2.11. The number of aliphatic hydroxyl groups is 1. The minimum atomic E-state index is -0.367. The molecule has 0 saturated heterocycles. The number of halogens is 1. The van der Waals surface area contributed by atoms with Crippen molar-refractivity contribution in [2.24, 2.45) is 0 Å². The zero-order valence-electron chi connectivity index (χ0n) is 11.4. The molecule has 5 nitrogen and oxygen atoms in total. The molecule has 110 valence electrons. The molecule has 0 spiro atoms. The van der Waals surface area contributed by atoms with Crippen molar-refractivity contribution in [2.75, 3.05) is 6.61 Å². The SMILES string of the molecule is CCn1c(SCc2ccc(C#CCO)cc2F)n[nH]c1=O. The number of aliphatic hydroxyl groups excluding tert-OH is 1. The zero-order valence-corrected chi connectivity index (χ0v) is 12.2. The first kappa shape index (κ1) is 15.4. The Hall–Kier alpha value is -2.04. The van der Waals surface area contributed by atoms with Gasteiger partial charge in [-0.05, 0) is 24.6 Å². The first-order chi connectivity index (χ1) is 10.2. The van der Waals surface area contributed by atoms with Crippen LogP contribution in [0, 0.1) is 17.7 Å². The molecule has 1 aromatic heterocycles. The lowest BCUT2D eigenvalue weighted by molar-refractivity contribution is 0.350. The standard InChI is InChI=1S/C14H14FN3O2S/c1-2-18-13(20)16-17-14(18)21-9-11-6-5-10(4-3-7-19)8-12(11)15/h5-6,8,19H,2,7,9H2,1H3,(H,16,20). The van der Waals surface area contributed by atoms with Crippen molar-refractivity contribution in [3.63, 3.8) is 0 Å². The molecule has 1 aromatic carbocycles. The summed E-state index contributed by atoms with van der Waals surface area (Å²) in [5, 5.41) is 15.4. The topological polar surface area (TPSA) is 70.9 Å². The summed E-state index contributed by atoms with van der Waals surface area (Å²) in [7, 11) is 0. The van der Waals surface area contributed by atoms with Crippen LogP contribution in [0.25, 0.3) is 0 Å². The molecule has 0 aliphatic heterocycles. The fourth-order valence-corrected chi connectivity index (χ4v) is 2.72. The maximum atomic E-state index is 13.9. The van der Waals surface area contributed by atoms with Gasteiger partial charge < -0.3 is 5.11 Å². The molecule has 0 bridgehead atoms. The highest BCUT2D eigenvalue weighted by Crippen LogP contribution is 2.22. The Morgan fingerprint density at radius 3 is 3.00 bits per heavy atom. The largest absolute Gasteiger partial charge is 0.384 e. The van der Waals surface area contributed by atoms with E-state index in [2.05, 4.69) is 22.0 Å². The first-order valence-electron chi connectivity index (χ1n) is 6.32. The lowest BCUT2D eigenvalue weighted by Crippen LogP contribution is -2.16. The minimum absolute atomic E-state index is 0.257. The Morgan fingerprint density at radius 2 is 2.33 bits per heavy atom. The molecular formula is C14H14FN3O2S. The monoisotopic (exact) mass is 307 g/mol. The lowest BCUT2D eigenvalue weighted by atomic mass is 10.1. The number of rotatable bonds is 4. The second-order valence-corrected chi connectivity index (χ2v) is 5.05. The van der Waals surface area contributed by atoms with Gasteiger partial charge in [-0.15, -0.1) is 5.10 Å². The highest BCUT2D eigenvalue weighted by atomic mass is 32.2. The van der Waals surface area contributed by atoms with Crippen LogP contribution in [0.15, 0.2) is 28.2 Å². The van der Waals surface area contributed by atoms with E-state index in [1.807, 2.05) is 6.92 Å². The van der Waals surface area contributed by atoms with E-state index in [1.165, 1.54) is 22.4 Å². The van der Waals surface area contributed by atoms with E-state index in [4.69, 9.17) is 5.11 Å². The number of hydrogen-bond donors (Lipinski definition) is 2. The number of nitrogens with zero attached hydrogens (tertiary/aromatic N) is 2. The number of hydrogen-bond acceptors (Lipinski definition) is 4. The first-order valence-corrected chi connectivity index (χ1v) is 7.30. The summed E-state index contributed by atoms with van der Waals surface area (Å²) in [6.45, 7) is 2.10. The Labute approximate surface area is 125 Å². The molecule has 21 heavy (non-hydrogen) atoms. The van der Waals surface area contributed by atoms with Crippen LogP contribution in [-0.2, 0) is 12.3 Å². The van der Waals surface area contributed by atoms with E-state index in [1.54, 1.807) is 12.1 Å². The average Bonchev–Trinajstić information content (AvgIpc) is 2.84. The highest BCUT2D eigenvalue weighted by Gasteiger charge is 2.09. The summed E-state index contributed by atoms with van der Waals surface area (Å²) in [6.07, 6.45) is 0. The Kier molecular flexibility index (Phi) is 5.20. The summed E-state index contributed by atoms with van der Waals surface area (Å²) in [5.74, 6) is 5.11. The zero-order chi connectivity index (χ0) is 15.2. The van der Waals surface area contributed by atoms with Crippen molar-refractivity contribution in [1.82, 2.24) is 14.8 Å². The number of H-pyrrole nitrogens is 1. The van der Waals surface area contributed by atoms with Gasteiger partial charge in [-0.25, -0.2) is 14.3 Å². The van der Waals surface area contributed by atoms with E-state index in [0.29, 0.717) is 28.6 Å². The maximum absolute atomic E-state index is 13.9. The highest BCUT2D eigenvalue weighted by molar-refractivity contribution is 7.98. The van der Waals surface area contributed by atoms with Crippen molar-refractivity contribution in [3.05, 3.63) is 45.6 Å². The van der Waals surface area contributed by atoms with Crippen LogP contribution >= 0.6 is 11.8 Å². The van der Waals surface area contributed by atoms with Crippen molar-refractivity contribution < 1.29 is 9.50 Å². The van der Waals surface area contributed by atoms with Crippen LogP contribution in [0.4, 0.5) is 4.39 Å². The van der Waals surface area contributed by atoms with Gasteiger partial charge in [-0.3, -0.25) is 4.57 Å². The molecule has 0 aliphatic carbocycles. The van der Waals surface area contributed by atoms with Crippen LogP contribution in [0.2, 0.25) is 0 Å². The summed E-state index contributed by atoms with van der Waals surface area (Å²) < 4.78 is 15.4. The Morgan fingerprint density at radius 1 is 1.52 bits per heavy atom. The molecular weight excluding hydrogens is 293 g/mol. The fraction of sp³-hybridized carbons (Fsp3) is 0.286. The second kappa shape index (κ2) is 7.11. The van der Waals surface area contributed by atoms with Crippen LogP contribution in [0.3, 0.4) is 0 Å². The van der Waals surface area contributed by atoms with E-state index >= 15 is 0 Å². The van der Waals surface area contributed by atoms with Crippen LogP contribution in [0.5, 0.6) is 0 Å². The van der Waals surface area contributed by atoms with Gasteiger partial charge in [0.05, 0.1) is 0 Å². The van der Waals surface area contributed by atoms with Crippen LogP contribution in [-0.4, -0.2) is 26.5 Å². The minimum Gasteiger partial charge on any atom is -0.384 e. The third-order valence-electron chi connectivity index (χ3n) is 2.76. The van der Waals surface area contributed by atoms with Gasteiger partial charge in [0.1, 0.15) is 12.4 Å². The van der Waals surface area contributed by atoms with Gasteiger partial charge >= 0.3 is 5.69 Å². The lowest BCUT2D eigenvalue weighted by Gasteiger charge is -2.04. The van der Waals surface area contributed by atoms with Crippen molar-refractivity contribution >= 4 is 11.8 Å². The molecule has 2 rings (SSSR count). The van der Waals surface area contributed by atoms with E-state index in [-0.39, 0.29) is 18.1 Å². The van der Waals surface area contributed by atoms with Crippen molar-refractivity contribution in [3.8, 4) is 11.8 Å². The molecule has 0 atom stereocenters. The maximum Gasteiger partial charge on any atom is 0.343 e. The second-order valence-electron chi connectivity index (χ2n) is 4.11. The van der Waals surface area contributed by atoms with Crippen LogP contribution in [0.1, 0.15) is 18.1 Å². The summed E-state index contributed by atoms with van der Waals surface area (Å²) in [4.78, 5) is 11.4. The normalized spacial score (nSPS) is 10.2. The molecule has 0 aliphatic rings. The molecule has 7 heteroatoms. The van der Waals surface area contributed by atoms with Gasteiger partial charge in [0, 0.05) is 17.9 Å². The predicted octanol–water partition coefficient (Wildman–Crippen LogP) is 1.37. The smallest absolute Gasteiger partial charge is 0.343 e. The van der Waals surface area contributed by atoms with E-state index in [0.717, 1.165) is 0 Å². The van der Waals surface area contributed by atoms with Gasteiger partial charge in [0.2, 0.25) is 0 Å². The van der Waals surface area contributed by atoms with Gasteiger partial charge in [0.25, 0.3) is 0 Å². The third kappa shape index (κ3) is 3.74. The van der Waals surface area contributed by atoms with E-state index in [9.17, 15) is 9.18 Å².